The molecule has 2 aliphatic carbocycles. The lowest BCUT2D eigenvalue weighted by molar-refractivity contribution is -0.117. The summed E-state index contributed by atoms with van der Waals surface area (Å²) >= 11 is 28.5. The highest BCUT2D eigenvalue weighted by molar-refractivity contribution is 9.10. The summed E-state index contributed by atoms with van der Waals surface area (Å²) in [5.74, 6) is -2.01. The van der Waals surface area contributed by atoms with Gasteiger partial charge < -0.3 is 10.6 Å². The zero-order valence-electron chi connectivity index (χ0n) is 15.7. The minimum absolute atomic E-state index is 0.162. The number of alkyl halides is 2. The second-order valence-electron chi connectivity index (χ2n) is 7.66. The molecule has 0 radical (unpaired) electrons. The third-order valence-electron chi connectivity index (χ3n) is 5.38. The van der Waals surface area contributed by atoms with E-state index in [1.54, 1.807) is 18.2 Å². The Balaban J connectivity index is 1.51. The van der Waals surface area contributed by atoms with Crippen molar-refractivity contribution in [1.29, 1.82) is 5.26 Å². The molecule has 2 fully saturated rings. The summed E-state index contributed by atoms with van der Waals surface area (Å²) in [5.41, 5.74) is 0.439. The Morgan fingerprint density at radius 3 is 2.45 bits per heavy atom. The third kappa shape index (κ3) is 4.53. The van der Waals surface area contributed by atoms with Gasteiger partial charge in [-0.25, -0.2) is 0 Å². The van der Waals surface area contributed by atoms with Crippen LogP contribution in [0.1, 0.15) is 34.7 Å². The molecule has 4 rings (SSSR count). The lowest BCUT2D eigenvalue weighted by Gasteiger charge is -2.12. The van der Waals surface area contributed by atoms with Crippen molar-refractivity contribution in [2.24, 2.45) is 5.92 Å². The van der Waals surface area contributed by atoms with Gasteiger partial charge in [0.15, 0.2) is 0 Å². The zero-order chi connectivity index (χ0) is 22.6. The van der Waals surface area contributed by atoms with Crippen LogP contribution in [0, 0.1) is 17.2 Å². The summed E-state index contributed by atoms with van der Waals surface area (Å²) < 4.78 is -0.532. The number of nitriles is 1. The second kappa shape index (κ2) is 8.13. The van der Waals surface area contributed by atoms with Gasteiger partial charge in [0, 0.05) is 21.1 Å². The number of carbonyl (C=O) groups excluding carboxylic acids is 2. The molecule has 0 saturated heterocycles. The topological polar surface area (TPSA) is 82.0 Å². The van der Waals surface area contributed by atoms with Crippen LogP contribution < -0.4 is 10.6 Å². The normalized spacial score (nSPS) is 22.2. The summed E-state index contributed by atoms with van der Waals surface area (Å²) in [6.45, 7) is 0. The molecule has 31 heavy (non-hydrogen) atoms. The van der Waals surface area contributed by atoms with Crippen LogP contribution in [0.25, 0.3) is 0 Å². The predicted molar refractivity (Wildman–Crippen MR) is 125 cm³/mol. The van der Waals surface area contributed by atoms with Crippen molar-refractivity contribution >= 4 is 79.8 Å². The lowest BCUT2D eigenvalue weighted by Crippen LogP contribution is -2.35. The van der Waals surface area contributed by atoms with E-state index in [1.807, 2.05) is 6.07 Å². The average molecular weight is 562 g/mol. The maximum atomic E-state index is 12.9. The predicted octanol–water partition coefficient (Wildman–Crippen LogP) is 6.07. The number of halogens is 5. The SMILES string of the molecule is N#CC1(NC(=O)c2cc(NC(=O)C3C(c4cc(Cl)cc(Br)c4)C3(Cl)Cl)ccc2Cl)CC1. The first kappa shape index (κ1) is 22.7. The molecule has 0 bridgehead atoms. The molecule has 2 aromatic rings. The van der Waals surface area contributed by atoms with Crippen LogP contribution in [0.3, 0.4) is 0 Å². The van der Waals surface area contributed by atoms with E-state index in [9.17, 15) is 14.9 Å². The molecule has 2 atom stereocenters. The number of carbonyl (C=O) groups is 2. The third-order valence-corrected chi connectivity index (χ3v) is 7.32. The Morgan fingerprint density at radius 2 is 1.84 bits per heavy atom. The zero-order valence-corrected chi connectivity index (χ0v) is 20.3. The largest absolute Gasteiger partial charge is 0.334 e. The lowest BCUT2D eigenvalue weighted by atomic mass is 10.1. The molecular formula is C21H14BrCl4N3O2. The molecule has 2 unspecified atom stereocenters. The van der Waals surface area contributed by atoms with E-state index in [2.05, 4.69) is 32.6 Å². The Bertz CT molecular complexity index is 1120. The summed E-state index contributed by atoms with van der Waals surface area (Å²) in [7, 11) is 0. The van der Waals surface area contributed by atoms with E-state index in [0.717, 1.165) is 10.0 Å². The minimum atomic E-state index is -1.29. The molecule has 10 heteroatoms. The van der Waals surface area contributed by atoms with Crippen LogP contribution in [0.5, 0.6) is 0 Å². The molecule has 2 aromatic carbocycles. The Labute approximate surface area is 207 Å². The van der Waals surface area contributed by atoms with Crippen molar-refractivity contribution in [3.63, 3.8) is 0 Å². The minimum Gasteiger partial charge on any atom is -0.334 e. The van der Waals surface area contributed by atoms with Gasteiger partial charge in [0.05, 0.1) is 22.6 Å². The molecule has 160 valence electrons. The van der Waals surface area contributed by atoms with Gasteiger partial charge in [0.25, 0.3) is 5.91 Å². The van der Waals surface area contributed by atoms with Crippen LogP contribution in [0.15, 0.2) is 40.9 Å². The fourth-order valence-corrected chi connectivity index (χ4v) is 5.41. The molecule has 0 heterocycles. The summed E-state index contributed by atoms with van der Waals surface area (Å²) in [4.78, 5) is 25.4. The van der Waals surface area contributed by atoms with E-state index in [4.69, 9.17) is 46.4 Å². The Kier molecular flexibility index (Phi) is 5.95. The number of benzene rings is 2. The highest BCUT2D eigenvalue weighted by Gasteiger charge is 2.67. The molecule has 2 aliphatic rings. The molecule has 0 aliphatic heterocycles. The molecule has 5 nitrogen and oxygen atoms in total. The van der Waals surface area contributed by atoms with Gasteiger partial charge in [0.2, 0.25) is 5.91 Å². The van der Waals surface area contributed by atoms with Crippen molar-refractivity contribution in [2.75, 3.05) is 5.32 Å². The Morgan fingerprint density at radius 1 is 1.13 bits per heavy atom. The van der Waals surface area contributed by atoms with Crippen molar-refractivity contribution in [1.82, 2.24) is 5.32 Å². The maximum Gasteiger partial charge on any atom is 0.254 e. The van der Waals surface area contributed by atoms with Crippen LogP contribution in [-0.2, 0) is 4.79 Å². The van der Waals surface area contributed by atoms with Crippen LogP contribution in [-0.4, -0.2) is 21.7 Å². The number of anilines is 1. The number of nitrogens with zero attached hydrogens (tertiary/aromatic N) is 1. The monoisotopic (exact) mass is 559 g/mol. The van der Waals surface area contributed by atoms with Crippen molar-refractivity contribution < 1.29 is 9.59 Å². The fourth-order valence-electron chi connectivity index (χ4n) is 3.49. The molecule has 0 spiro atoms. The van der Waals surface area contributed by atoms with Gasteiger partial charge in [-0.1, -0.05) is 39.1 Å². The van der Waals surface area contributed by atoms with Crippen molar-refractivity contribution in [2.45, 2.75) is 28.6 Å². The van der Waals surface area contributed by atoms with Crippen LogP contribution >= 0.6 is 62.3 Å². The van der Waals surface area contributed by atoms with Gasteiger partial charge in [-0.3, -0.25) is 9.59 Å². The van der Waals surface area contributed by atoms with Crippen molar-refractivity contribution in [3.8, 4) is 6.07 Å². The fraction of sp³-hybridized carbons (Fsp3) is 0.286. The molecule has 0 aromatic heterocycles. The van der Waals surface area contributed by atoms with Gasteiger partial charge in [-0.05, 0) is 54.8 Å². The molecule has 2 N–H and O–H groups in total. The highest BCUT2D eigenvalue weighted by atomic mass is 79.9. The van der Waals surface area contributed by atoms with E-state index < -0.39 is 33.5 Å². The van der Waals surface area contributed by atoms with Gasteiger partial charge in [-0.15, -0.1) is 23.2 Å². The maximum absolute atomic E-state index is 12.9. The standard InChI is InChI=1S/C21H14BrCl4N3O2/c22-11-5-10(6-12(23)7-11)16-17(21(16,25)26)19(31)28-13-1-2-15(24)14(8-13)18(30)29-20(9-27)3-4-20/h1-2,5-8,16-17H,3-4H2,(H,28,31)(H,29,30). The smallest absolute Gasteiger partial charge is 0.254 e. The van der Waals surface area contributed by atoms with Crippen LogP contribution in [0.4, 0.5) is 5.69 Å². The summed E-state index contributed by atoms with van der Waals surface area (Å²) in [6.07, 6.45) is 1.19. The average Bonchev–Trinajstić information content (AvgIpc) is 3.57. The molecule has 2 amide bonds. The summed E-state index contributed by atoms with van der Waals surface area (Å²) in [5, 5.41) is 15.3. The number of amides is 2. The van der Waals surface area contributed by atoms with Gasteiger partial charge >= 0.3 is 0 Å². The van der Waals surface area contributed by atoms with Gasteiger partial charge in [0.1, 0.15) is 9.87 Å². The Hall–Kier alpha value is -1.49. The first-order valence-corrected chi connectivity index (χ1v) is 11.5. The highest BCUT2D eigenvalue weighted by Crippen LogP contribution is 2.65. The summed E-state index contributed by atoms with van der Waals surface area (Å²) in [6, 6.07) is 11.9. The second-order valence-corrected chi connectivity index (χ2v) is 10.9. The van der Waals surface area contributed by atoms with Crippen molar-refractivity contribution in [3.05, 3.63) is 62.0 Å². The van der Waals surface area contributed by atoms with E-state index in [-0.39, 0.29) is 10.6 Å². The van der Waals surface area contributed by atoms with Gasteiger partial charge in [-0.2, -0.15) is 5.26 Å². The first-order valence-electron chi connectivity index (χ1n) is 9.24. The van der Waals surface area contributed by atoms with Crippen LogP contribution in [0.2, 0.25) is 10.0 Å². The number of nitrogens with one attached hydrogen (secondary N) is 2. The number of hydrogen-bond acceptors (Lipinski definition) is 3. The number of rotatable bonds is 5. The molecule has 2 saturated carbocycles. The number of hydrogen-bond donors (Lipinski definition) is 2. The van der Waals surface area contributed by atoms with E-state index >= 15 is 0 Å². The van der Waals surface area contributed by atoms with E-state index in [1.165, 1.54) is 12.1 Å². The molecular weight excluding hydrogens is 548 g/mol. The quantitative estimate of drug-likeness (QED) is 0.435. The first-order chi connectivity index (χ1) is 14.6. The van der Waals surface area contributed by atoms with E-state index in [0.29, 0.717) is 23.6 Å².